The molecule has 2 heterocycles. The molecule has 7 nitrogen and oxygen atoms in total. The number of carbonyl (C=O) groups excluding carboxylic acids is 1. The molecule has 154 valence electrons. The number of hydrogen-bond acceptors (Lipinski definition) is 3. The maximum absolute atomic E-state index is 12.6. The summed E-state index contributed by atoms with van der Waals surface area (Å²) in [6, 6.07) is 12.3. The number of hydrogen-bond donors (Lipinski definition) is 3. The standard InChI is InChI=1S/C21H20Cl2N6O/c1-2-3-5-14-10-19(26-21(30)25-17-7-4-6-16(22)20(17)23)29(28-14)15-9-8-13-12-24-27-18(13)11-15/h4,6-12H,2-3,5H2,1H3,(H,24,27)(H2,25,26,30). The third kappa shape index (κ3) is 4.27. The van der Waals surface area contributed by atoms with E-state index >= 15 is 0 Å². The molecule has 2 aromatic carbocycles. The van der Waals surface area contributed by atoms with Crippen LogP contribution in [0.15, 0.2) is 48.7 Å². The highest BCUT2D eigenvalue weighted by atomic mass is 35.5. The maximum atomic E-state index is 12.6. The molecule has 0 radical (unpaired) electrons. The number of nitrogens with zero attached hydrogens (tertiary/aromatic N) is 3. The first-order valence-corrected chi connectivity index (χ1v) is 10.3. The number of aryl methyl sites for hydroxylation is 1. The minimum Gasteiger partial charge on any atom is -0.306 e. The van der Waals surface area contributed by atoms with Crippen LogP contribution in [-0.4, -0.2) is 26.0 Å². The van der Waals surface area contributed by atoms with Crippen molar-refractivity contribution in [3.63, 3.8) is 0 Å². The minimum absolute atomic E-state index is 0.288. The molecule has 0 unspecified atom stereocenters. The molecule has 30 heavy (non-hydrogen) atoms. The number of aromatic nitrogens is 4. The molecule has 0 saturated carbocycles. The van der Waals surface area contributed by atoms with Gasteiger partial charge >= 0.3 is 6.03 Å². The first-order chi connectivity index (χ1) is 14.5. The van der Waals surface area contributed by atoms with Crippen molar-refractivity contribution >= 4 is 51.6 Å². The Bertz CT molecular complexity index is 1200. The van der Waals surface area contributed by atoms with Gasteiger partial charge in [0.15, 0.2) is 0 Å². The lowest BCUT2D eigenvalue weighted by molar-refractivity contribution is 0.262. The van der Waals surface area contributed by atoms with Crippen LogP contribution >= 0.6 is 23.2 Å². The van der Waals surface area contributed by atoms with E-state index in [0.29, 0.717) is 16.5 Å². The predicted octanol–water partition coefficient (Wildman–Crippen LogP) is 6.04. The second-order valence-corrected chi connectivity index (χ2v) is 7.64. The Hall–Kier alpha value is -3.03. The van der Waals surface area contributed by atoms with Crippen molar-refractivity contribution < 1.29 is 4.79 Å². The fraction of sp³-hybridized carbons (Fsp3) is 0.190. The summed E-state index contributed by atoms with van der Waals surface area (Å²) in [5.74, 6) is 0.551. The van der Waals surface area contributed by atoms with E-state index in [4.69, 9.17) is 28.3 Å². The zero-order chi connectivity index (χ0) is 21.1. The molecular weight excluding hydrogens is 423 g/mol. The second-order valence-electron chi connectivity index (χ2n) is 6.86. The van der Waals surface area contributed by atoms with E-state index in [-0.39, 0.29) is 5.02 Å². The molecule has 3 N–H and O–H groups in total. The molecule has 0 aliphatic rings. The lowest BCUT2D eigenvalue weighted by atomic mass is 10.2. The van der Waals surface area contributed by atoms with E-state index in [9.17, 15) is 4.79 Å². The van der Waals surface area contributed by atoms with E-state index in [0.717, 1.165) is 41.5 Å². The van der Waals surface area contributed by atoms with Gasteiger partial charge in [-0.2, -0.15) is 10.2 Å². The molecule has 0 aliphatic carbocycles. The lowest BCUT2D eigenvalue weighted by Crippen LogP contribution is -2.21. The van der Waals surface area contributed by atoms with Gasteiger partial charge in [0.05, 0.1) is 38.8 Å². The summed E-state index contributed by atoms with van der Waals surface area (Å²) in [5, 5.41) is 19.0. The Morgan fingerprint density at radius 3 is 2.87 bits per heavy atom. The number of aromatic amines is 1. The topological polar surface area (TPSA) is 87.6 Å². The average Bonchev–Trinajstić information content (AvgIpc) is 3.36. The second kappa shape index (κ2) is 8.77. The monoisotopic (exact) mass is 442 g/mol. The van der Waals surface area contributed by atoms with Gasteiger partial charge in [0, 0.05) is 11.5 Å². The van der Waals surface area contributed by atoms with Crippen molar-refractivity contribution in [1.82, 2.24) is 20.0 Å². The van der Waals surface area contributed by atoms with E-state index in [2.05, 4.69) is 27.8 Å². The number of fused-ring (bicyclic) bond motifs is 1. The van der Waals surface area contributed by atoms with Crippen molar-refractivity contribution in [2.75, 3.05) is 10.6 Å². The number of carbonyl (C=O) groups is 1. The molecular formula is C21H20Cl2N6O. The number of amides is 2. The SMILES string of the molecule is CCCCc1cc(NC(=O)Nc2cccc(Cl)c2Cl)n(-c2ccc3cn[nH]c3c2)n1. The zero-order valence-electron chi connectivity index (χ0n) is 16.2. The zero-order valence-corrected chi connectivity index (χ0v) is 17.8. The highest BCUT2D eigenvalue weighted by Crippen LogP contribution is 2.30. The number of H-pyrrole nitrogens is 1. The number of rotatable bonds is 6. The molecule has 0 saturated heterocycles. The van der Waals surface area contributed by atoms with Crippen LogP contribution in [0.1, 0.15) is 25.5 Å². The van der Waals surface area contributed by atoms with Crippen molar-refractivity contribution in [3.8, 4) is 5.69 Å². The molecule has 0 fully saturated rings. The van der Waals surface area contributed by atoms with Crippen LogP contribution < -0.4 is 10.6 Å². The van der Waals surface area contributed by atoms with Crippen LogP contribution in [0.3, 0.4) is 0 Å². The molecule has 0 bridgehead atoms. The number of anilines is 2. The summed E-state index contributed by atoms with van der Waals surface area (Å²) in [5.41, 5.74) is 3.03. The Kier molecular flexibility index (Phi) is 5.92. The van der Waals surface area contributed by atoms with E-state index < -0.39 is 6.03 Å². The summed E-state index contributed by atoms with van der Waals surface area (Å²) in [4.78, 5) is 12.6. The third-order valence-corrected chi connectivity index (χ3v) is 5.48. The van der Waals surface area contributed by atoms with Gasteiger partial charge in [-0.3, -0.25) is 10.4 Å². The summed E-state index contributed by atoms with van der Waals surface area (Å²) in [7, 11) is 0. The van der Waals surface area contributed by atoms with Crippen LogP contribution in [0.25, 0.3) is 16.6 Å². The van der Waals surface area contributed by atoms with Gasteiger partial charge in [-0.1, -0.05) is 42.6 Å². The smallest absolute Gasteiger partial charge is 0.306 e. The number of nitrogens with one attached hydrogen (secondary N) is 3. The fourth-order valence-electron chi connectivity index (χ4n) is 3.12. The van der Waals surface area contributed by atoms with Crippen LogP contribution in [-0.2, 0) is 6.42 Å². The van der Waals surface area contributed by atoms with Gasteiger partial charge in [0.1, 0.15) is 5.82 Å². The van der Waals surface area contributed by atoms with Gasteiger partial charge in [-0.15, -0.1) is 0 Å². The third-order valence-electron chi connectivity index (χ3n) is 4.66. The van der Waals surface area contributed by atoms with Crippen molar-refractivity contribution in [2.45, 2.75) is 26.2 Å². The Morgan fingerprint density at radius 1 is 1.17 bits per heavy atom. The quantitative estimate of drug-likeness (QED) is 0.339. The predicted molar refractivity (Wildman–Crippen MR) is 121 cm³/mol. The molecule has 4 aromatic rings. The molecule has 2 amide bonds. The van der Waals surface area contributed by atoms with Gasteiger partial charge in [-0.05, 0) is 43.2 Å². The summed E-state index contributed by atoms with van der Waals surface area (Å²) < 4.78 is 1.71. The number of halogens is 2. The van der Waals surface area contributed by atoms with Crippen molar-refractivity contribution in [3.05, 3.63) is 64.4 Å². The molecule has 9 heteroatoms. The van der Waals surface area contributed by atoms with Crippen molar-refractivity contribution in [1.29, 1.82) is 0 Å². The van der Waals surface area contributed by atoms with E-state index in [1.165, 1.54) is 0 Å². The largest absolute Gasteiger partial charge is 0.324 e. The number of unbranched alkanes of at least 4 members (excludes halogenated alkanes) is 1. The summed E-state index contributed by atoms with van der Waals surface area (Å²) >= 11 is 12.2. The Labute approximate surface area is 183 Å². The lowest BCUT2D eigenvalue weighted by Gasteiger charge is -2.11. The van der Waals surface area contributed by atoms with Gasteiger partial charge in [0.2, 0.25) is 0 Å². The van der Waals surface area contributed by atoms with Gasteiger partial charge < -0.3 is 5.32 Å². The van der Waals surface area contributed by atoms with Crippen LogP contribution in [0.5, 0.6) is 0 Å². The summed E-state index contributed by atoms with van der Waals surface area (Å²) in [6.45, 7) is 2.13. The Morgan fingerprint density at radius 2 is 2.03 bits per heavy atom. The number of benzene rings is 2. The molecule has 4 rings (SSSR count). The van der Waals surface area contributed by atoms with E-state index in [1.54, 1.807) is 29.1 Å². The van der Waals surface area contributed by atoms with Crippen LogP contribution in [0.2, 0.25) is 10.0 Å². The first kappa shape index (κ1) is 20.3. The van der Waals surface area contributed by atoms with Gasteiger partial charge in [-0.25, -0.2) is 9.48 Å². The average molecular weight is 443 g/mol. The molecule has 0 atom stereocenters. The summed E-state index contributed by atoms with van der Waals surface area (Å²) in [6.07, 6.45) is 4.66. The number of urea groups is 1. The molecule has 0 spiro atoms. The first-order valence-electron chi connectivity index (χ1n) is 9.59. The fourth-order valence-corrected chi connectivity index (χ4v) is 3.47. The minimum atomic E-state index is -0.440. The van der Waals surface area contributed by atoms with E-state index in [1.807, 2.05) is 24.3 Å². The molecule has 2 aromatic heterocycles. The van der Waals surface area contributed by atoms with Crippen LogP contribution in [0, 0.1) is 0 Å². The van der Waals surface area contributed by atoms with Crippen molar-refractivity contribution in [2.24, 2.45) is 0 Å². The molecule has 0 aliphatic heterocycles. The maximum Gasteiger partial charge on any atom is 0.324 e. The highest BCUT2D eigenvalue weighted by molar-refractivity contribution is 6.44. The highest BCUT2D eigenvalue weighted by Gasteiger charge is 2.15. The van der Waals surface area contributed by atoms with Gasteiger partial charge in [0.25, 0.3) is 0 Å². The van der Waals surface area contributed by atoms with Crippen LogP contribution in [0.4, 0.5) is 16.3 Å². The Balaban J connectivity index is 1.63. The normalized spacial score (nSPS) is 11.0.